The Bertz CT molecular complexity index is 716. The Balaban J connectivity index is 1.80. The summed E-state index contributed by atoms with van der Waals surface area (Å²) in [6.45, 7) is 2.08. The predicted octanol–water partition coefficient (Wildman–Crippen LogP) is 2.21. The lowest BCUT2D eigenvalue weighted by Crippen LogP contribution is -2.39. The summed E-state index contributed by atoms with van der Waals surface area (Å²) in [5.74, 6) is 1.71. The molecule has 2 aromatic rings. The van der Waals surface area contributed by atoms with E-state index >= 15 is 0 Å². The van der Waals surface area contributed by atoms with Crippen molar-refractivity contribution in [1.29, 1.82) is 5.41 Å². The summed E-state index contributed by atoms with van der Waals surface area (Å²) in [7, 11) is 1.65. The Hall–Kier alpha value is -2.56. The number of hydrogen-bond donors (Lipinski definition) is 1. The number of nitrogens with zero attached hydrogens (tertiary/aromatic N) is 3. The highest BCUT2D eigenvalue weighted by molar-refractivity contribution is 5.61. The quantitative estimate of drug-likeness (QED) is 0.935. The van der Waals surface area contributed by atoms with E-state index in [0.717, 1.165) is 30.2 Å². The largest absolute Gasteiger partial charge is 0.497 e. The third-order valence-corrected chi connectivity index (χ3v) is 3.55. The number of rotatable bonds is 4. The maximum atomic E-state index is 8.00. The SMILES string of the molecule is COc1cccc(/C=C/n2ccc(N3CCC3)nc2=N)c1. The Morgan fingerprint density at radius 1 is 1.29 bits per heavy atom. The summed E-state index contributed by atoms with van der Waals surface area (Å²) in [4.78, 5) is 6.50. The summed E-state index contributed by atoms with van der Waals surface area (Å²) in [6.07, 6.45) is 6.86. The fraction of sp³-hybridized carbons (Fsp3) is 0.250. The number of anilines is 1. The number of nitrogens with one attached hydrogen (secondary N) is 1. The monoisotopic (exact) mass is 282 g/mol. The van der Waals surface area contributed by atoms with Crippen molar-refractivity contribution in [3.05, 3.63) is 47.7 Å². The molecular formula is C16H18N4O. The highest BCUT2D eigenvalue weighted by Crippen LogP contribution is 2.16. The lowest BCUT2D eigenvalue weighted by Gasteiger charge is -2.31. The molecule has 0 atom stereocenters. The molecule has 0 radical (unpaired) electrons. The van der Waals surface area contributed by atoms with Crippen molar-refractivity contribution in [3.8, 4) is 5.75 Å². The molecular weight excluding hydrogens is 264 g/mol. The van der Waals surface area contributed by atoms with Crippen molar-refractivity contribution in [3.63, 3.8) is 0 Å². The van der Waals surface area contributed by atoms with E-state index in [0.29, 0.717) is 0 Å². The summed E-state index contributed by atoms with van der Waals surface area (Å²) in [5, 5.41) is 8.00. The van der Waals surface area contributed by atoms with Gasteiger partial charge in [-0.1, -0.05) is 12.1 Å². The van der Waals surface area contributed by atoms with E-state index in [1.807, 2.05) is 48.8 Å². The lowest BCUT2D eigenvalue weighted by atomic mass is 10.2. The van der Waals surface area contributed by atoms with Gasteiger partial charge in [0, 0.05) is 25.5 Å². The molecule has 5 heteroatoms. The van der Waals surface area contributed by atoms with Gasteiger partial charge in [-0.25, -0.2) is 0 Å². The first-order valence-corrected chi connectivity index (χ1v) is 6.97. The van der Waals surface area contributed by atoms with Gasteiger partial charge in [0.15, 0.2) is 0 Å². The Kier molecular flexibility index (Phi) is 3.73. The molecule has 3 rings (SSSR count). The predicted molar refractivity (Wildman–Crippen MR) is 83.1 cm³/mol. The second kappa shape index (κ2) is 5.83. The van der Waals surface area contributed by atoms with Gasteiger partial charge in [-0.15, -0.1) is 0 Å². The Morgan fingerprint density at radius 2 is 2.14 bits per heavy atom. The molecule has 2 heterocycles. The molecule has 0 spiro atoms. The molecule has 1 aromatic carbocycles. The Morgan fingerprint density at radius 3 is 2.81 bits per heavy atom. The van der Waals surface area contributed by atoms with Crippen LogP contribution in [0.2, 0.25) is 0 Å². The van der Waals surface area contributed by atoms with E-state index in [4.69, 9.17) is 10.1 Å². The van der Waals surface area contributed by atoms with Crippen LogP contribution in [0.15, 0.2) is 36.5 Å². The molecule has 0 saturated carbocycles. The molecule has 0 bridgehead atoms. The minimum absolute atomic E-state index is 0.235. The zero-order valence-electron chi connectivity index (χ0n) is 12.0. The lowest BCUT2D eigenvalue weighted by molar-refractivity contribution is 0.414. The van der Waals surface area contributed by atoms with Gasteiger partial charge in [0.2, 0.25) is 5.62 Å². The Labute approximate surface area is 123 Å². The maximum absolute atomic E-state index is 8.00. The van der Waals surface area contributed by atoms with Gasteiger partial charge in [0.1, 0.15) is 11.6 Å². The van der Waals surface area contributed by atoms with Crippen LogP contribution in [0.1, 0.15) is 12.0 Å². The fourth-order valence-electron chi connectivity index (χ4n) is 2.17. The van der Waals surface area contributed by atoms with Crippen LogP contribution >= 0.6 is 0 Å². The summed E-state index contributed by atoms with van der Waals surface area (Å²) >= 11 is 0. The molecule has 108 valence electrons. The number of benzene rings is 1. The van der Waals surface area contributed by atoms with Crippen LogP contribution in [-0.4, -0.2) is 29.8 Å². The zero-order valence-corrected chi connectivity index (χ0v) is 12.0. The molecule has 1 aromatic heterocycles. The van der Waals surface area contributed by atoms with Crippen molar-refractivity contribution < 1.29 is 4.74 Å². The third-order valence-electron chi connectivity index (χ3n) is 3.55. The van der Waals surface area contributed by atoms with Gasteiger partial charge in [-0.05, 0) is 36.3 Å². The van der Waals surface area contributed by atoms with Gasteiger partial charge in [-0.3, -0.25) is 9.98 Å². The molecule has 21 heavy (non-hydrogen) atoms. The van der Waals surface area contributed by atoms with E-state index < -0.39 is 0 Å². The fourth-order valence-corrected chi connectivity index (χ4v) is 2.17. The minimum Gasteiger partial charge on any atom is -0.497 e. The molecule has 0 aliphatic carbocycles. The number of aromatic nitrogens is 2. The van der Waals surface area contributed by atoms with Crippen molar-refractivity contribution in [1.82, 2.24) is 9.55 Å². The standard InChI is InChI=1S/C16H18N4O/c1-21-14-5-2-4-13(12-14)6-10-20-11-7-15(18-16(20)17)19-8-3-9-19/h2,4-7,10-12,17H,3,8-9H2,1H3/b10-6+,17-16?. The van der Waals surface area contributed by atoms with E-state index in [-0.39, 0.29) is 5.62 Å². The van der Waals surface area contributed by atoms with E-state index in [1.54, 1.807) is 11.7 Å². The first kappa shape index (κ1) is 13.4. The first-order valence-electron chi connectivity index (χ1n) is 6.97. The average molecular weight is 282 g/mol. The van der Waals surface area contributed by atoms with Crippen molar-refractivity contribution in [2.45, 2.75) is 6.42 Å². The van der Waals surface area contributed by atoms with E-state index in [9.17, 15) is 0 Å². The maximum Gasteiger partial charge on any atom is 0.228 e. The molecule has 1 fully saturated rings. The average Bonchev–Trinajstić information content (AvgIpc) is 2.45. The van der Waals surface area contributed by atoms with Crippen LogP contribution < -0.4 is 15.3 Å². The van der Waals surface area contributed by atoms with Crippen LogP contribution in [-0.2, 0) is 0 Å². The molecule has 1 saturated heterocycles. The van der Waals surface area contributed by atoms with Gasteiger partial charge in [-0.2, -0.15) is 4.98 Å². The highest BCUT2D eigenvalue weighted by atomic mass is 16.5. The second-order valence-corrected chi connectivity index (χ2v) is 4.95. The van der Waals surface area contributed by atoms with Gasteiger partial charge >= 0.3 is 0 Å². The van der Waals surface area contributed by atoms with Crippen LogP contribution in [0.3, 0.4) is 0 Å². The van der Waals surface area contributed by atoms with E-state index in [2.05, 4.69) is 9.88 Å². The summed E-state index contributed by atoms with van der Waals surface area (Å²) < 4.78 is 6.89. The molecule has 1 aliphatic rings. The summed E-state index contributed by atoms with van der Waals surface area (Å²) in [5.41, 5.74) is 1.26. The van der Waals surface area contributed by atoms with Crippen LogP contribution in [0, 0.1) is 5.41 Å². The first-order chi connectivity index (χ1) is 10.3. The van der Waals surface area contributed by atoms with Crippen molar-refractivity contribution >= 4 is 18.1 Å². The highest BCUT2D eigenvalue weighted by Gasteiger charge is 2.15. The van der Waals surface area contributed by atoms with Crippen LogP contribution in [0.25, 0.3) is 12.3 Å². The van der Waals surface area contributed by atoms with Gasteiger partial charge < -0.3 is 9.64 Å². The van der Waals surface area contributed by atoms with Crippen molar-refractivity contribution in [2.24, 2.45) is 0 Å². The topological polar surface area (TPSA) is 54.1 Å². The zero-order chi connectivity index (χ0) is 14.7. The number of ether oxygens (including phenoxy) is 1. The van der Waals surface area contributed by atoms with Crippen molar-refractivity contribution in [2.75, 3.05) is 25.1 Å². The smallest absolute Gasteiger partial charge is 0.228 e. The number of hydrogen-bond acceptors (Lipinski definition) is 4. The van der Waals surface area contributed by atoms with Crippen LogP contribution in [0.5, 0.6) is 5.75 Å². The molecule has 1 N–H and O–H groups in total. The molecule has 0 amide bonds. The van der Waals surface area contributed by atoms with Gasteiger partial charge in [0.05, 0.1) is 7.11 Å². The number of methoxy groups -OCH3 is 1. The molecule has 1 aliphatic heterocycles. The summed E-state index contributed by atoms with van der Waals surface area (Å²) in [6, 6.07) is 9.74. The third kappa shape index (κ3) is 2.97. The minimum atomic E-state index is 0.235. The molecule has 0 unspecified atom stereocenters. The van der Waals surface area contributed by atoms with E-state index in [1.165, 1.54) is 6.42 Å². The normalized spacial score (nSPS) is 14.2. The van der Waals surface area contributed by atoms with Gasteiger partial charge in [0.25, 0.3) is 0 Å². The second-order valence-electron chi connectivity index (χ2n) is 4.95. The van der Waals surface area contributed by atoms with Crippen LogP contribution in [0.4, 0.5) is 5.82 Å². The molecule has 5 nitrogen and oxygen atoms in total.